The van der Waals surface area contributed by atoms with Gasteiger partial charge in [-0.3, -0.25) is 4.79 Å². The van der Waals surface area contributed by atoms with Crippen LogP contribution in [-0.2, 0) is 14.8 Å². The molecule has 0 aliphatic carbocycles. The van der Waals surface area contributed by atoms with E-state index in [0.717, 1.165) is 16.7 Å². The molecule has 3 rings (SSSR count). The predicted octanol–water partition coefficient (Wildman–Crippen LogP) is 3.27. The summed E-state index contributed by atoms with van der Waals surface area (Å²) < 4.78 is 32.9. The lowest BCUT2D eigenvalue weighted by Crippen LogP contribution is -2.47. The number of benzene rings is 2. The summed E-state index contributed by atoms with van der Waals surface area (Å²) in [4.78, 5) is 12.6. The average molecular weight is 431 g/mol. The number of aryl methyl sites for hydroxylation is 4. The molecular weight excluding hydrogens is 400 g/mol. The molecule has 2 aromatic rings. The lowest BCUT2D eigenvalue weighted by atomic mass is 10.1. The highest BCUT2D eigenvalue weighted by molar-refractivity contribution is 7.89. The van der Waals surface area contributed by atoms with E-state index in [2.05, 4.69) is 5.32 Å². The Bertz CT molecular complexity index is 1030. The molecule has 0 atom stereocenters. The minimum absolute atomic E-state index is 0.0490. The average Bonchev–Trinajstić information content (AvgIpc) is 2.71. The standard InChI is InChI=1S/C23H30N2O4S/c1-16-5-7-21(13-18(16)3)29-15-23(26)24-20-9-11-25(12-10-20)30(27,28)22-8-6-17(2)19(4)14-22/h5-8,13-14,20H,9-12,15H2,1-4H3,(H,24,26). The number of rotatable bonds is 6. The fourth-order valence-corrected chi connectivity index (χ4v) is 5.04. The van der Waals surface area contributed by atoms with Crippen molar-refractivity contribution in [1.29, 1.82) is 0 Å². The number of carbonyl (C=O) groups is 1. The third-order valence-corrected chi connectivity index (χ3v) is 7.68. The summed E-state index contributed by atoms with van der Waals surface area (Å²) in [5.74, 6) is 0.478. The van der Waals surface area contributed by atoms with Crippen LogP contribution >= 0.6 is 0 Å². The van der Waals surface area contributed by atoms with Crippen LogP contribution in [0.25, 0.3) is 0 Å². The zero-order valence-electron chi connectivity index (χ0n) is 18.1. The molecule has 1 amide bonds. The molecule has 1 heterocycles. The zero-order valence-corrected chi connectivity index (χ0v) is 18.9. The molecule has 1 saturated heterocycles. The first-order valence-electron chi connectivity index (χ1n) is 10.2. The molecule has 1 N–H and O–H groups in total. The minimum atomic E-state index is -3.51. The molecule has 7 heteroatoms. The van der Waals surface area contributed by atoms with E-state index in [1.54, 1.807) is 12.1 Å². The van der Waals surface area contributed by atoms with Crippen LogP contribution in [0.1, 0.15) is 35.1 Å². The van der Waals surface area contributed by atoms with Crippen molar-refractivity contribution in [3.63, 3.8) is 0 Å². The highest BCUT2D eigenvalue weighted by atomic mass is 32.2. The molecule has 1 fully saturated rings. The molecule has 0 aromatic heterocycles. The summed E-state index contributed by atoms with van der Waals surface area (Å²) in [6.45, 7) is 8.63. The van der Waals surface area contributed by atoms with Crippen LogP contribution in [0.15, 0.2) is 41.3 Å². The Morgan fingerprint density at radius 1 is 0.967 bits per heavy atom. The minimum Gasteiger partial charge on any atom is -0.484 e. The van der Waals surface area contributed by atoms with Gasteiger partial charge in [-0.25, -0.2) is 8.42 Å². The van der Waals surface area contributed by atoms with E-state index in [4.69, 9.17) is 4.74 Å². The number of piperidine rings is 1. The van der Waals surface area contributed by atoms with Crippen molar-refractivity contribution in [2.45, 2.75) is 51.5 Å². The van der Waals surface area contributed by atoms with Crippen molar-refractivity contribution in [1.82, 2.24) is 9.62 Å². The van der Waals surface area contributed by atoms with Gasteiger partial charge in [-0.2, -0.15) is 4.31 Å². The summed E-state index contributed by atoms with van der Waals surface area (Å²) in [6, 6.07) is 10.9. The van der Waals surface area contributed by atoms with Gasteiger partial charge < -0.3 is 10.1 Å². The molecule has 1 aliphatic rings. The molecule has 0 unspecified atom stereocenters. The van der Waals surface area contributed by atoms with E-state index in [0.29, 0.717) is 36.6 Å². The second-order valence-electron chi connectivity index (χ2n) is 8.03. The molecule has 0 bridgehead atoms. The van der Waals surface area contributed by atoms with E-state index in [1.165, 1.54) is 9.87 Å². The lowest BCUT2D eigenvalue weighted by molar-refractivity contribution is -0.124. The number of carbonyl (C=O) groups excluding carboxylic acids is 1. The Labute approximate surface area is 179 Å². The quantitative estimate of drug-likeness (QED) is 0.763. The van der Waals surface area contributed by atoms with Crippen LogP contribution in [0.3, 0.4) is 0 Å². The Balaban J connectivity index is 1.50. The number of nitrogens with zero attached hydrogens (tertiary/aromatic N) is 1. The van der Waals surface area contributed by atoms with E-state index in [9.17, 15) is 13.2 Å². The van der Waals surface area contributed by atoms with Crippen molar-refractivity contribution >= 4 is 15.9 Å². The maximum absolute atomic E-state index is 12.9. The van der Waals surface area contributed by atoms with Crippen molar-refractivity contribution in [2.75, 3.05) is 19.7 Å². The predicted molar refractivity (Wildman–Crippen MR) is 117 cm³/mol. The van der Waals surface area contributed by atoms with E-state index in [-0.39, 0.29) is 18.6 Å². The number of amides is 1. The fraction of sp³-hybridized carbons (Fsp3) is 0.435. The van der Waals surface area contributed by atoms with Gasteiger partial charge >= 0.3 is 0 Å². The summed E-state index contributed by atoms with van der Waals surface area (Å²) in [5, 5.41) is 2.96. The highest BCUT2D eigenvalue weighted by Gasteiger charge is 2.30. The van der Waals surface area contributed by atoms with Gasteiger partial charge in [-0.05, 0) is 87.1 Å². The SMILES string of the molecule is Cc1ccc(OCC(=O)NC2CCN(S(=O)(=O)c3ccc(C)c(C)c3)CC2)cc1C. The normalized spacial score (nSPS) is 15.7. The zero-order chi connectivity index (χ0) is 21.9. The number of hydrogen-bond acceptors (Lipinski definition) is 4. The topological polar surface area (TPSA) is 75.7 Å². The summed E-state index contributed by atoms with van der Waals surface area (Å²) in [7, 11) is -3.51. The summed E-state index contributed by atoms with van der Waals surface area (Å²) in [6.07, 6.45) is 1.17. The molecule has 162 valence electrons. The number of nitrogens with one attached hydrogen (secondary N) is 1. The van der Waals surface area contributed by atoms with Gasteiger partial charge in [0.1, 0.15) is 5.75 Å². The molecule has 30 heavy (non-hydrogen) atoms. The molecule has 1 aliphatic heterocycles. The van der Waals surface area contributed by atoms with Gasteiger partial charge in [0.15, 0.2) is 6.61 Å². The van der Waals surface area contributed by atoms with Crippen LogP contribution in [-0.4, -0.2) is 44.4 Å². The van der Waals surface area contributed by atoms with Crippen LogP contribution in [0.2, 0.25) is 0 Å². The Morgan fingerprint density at radius 3 is 2.17 bits per heavy atom. The maximum Gasteiger partial charge on any atom is 0.258 e. The second-order valence-corrected chi connectivity index (χ2v) is 9.96. The monoisotopic (exact) mass is 430 g/mol. The number of ether oxygens (including phenoxy) is 1. The Kier molecular flexibility index (Phi) is 6.83. The number of hydrogen-bond donors (Lipinski definition) is 1. The smallest absolute Gasteiger partial charge is 0.258 e. The highest BCUT2D eigenvalue weighted by Crippen LogP contribution is 2.23. The van der Waals surface area contributed by atoms with Crippen molar-refractivity contribution in [2.24, 2.45) is 0 Å². The second kappa shape index (κ2) is 9.18. The van der Waals surface area contributed by atoms with Gasteiger partial charge in [0.2, 0.25) is 10.0 Å². The van der Waals surface area contributed by atoms with E-state index in [1.807, 2.05) is 52.0 Å². The summed E-state index contributed by atoms with van der Waals surface area (Å²) in [5.41, 5.74) is 4.32. The fourth-order valence-electron chi connectivity index (χ4n) is 3.49. The molecule has 0 radical (unpaired) electrons. The van der Waals surface area contributed by atoms with Gasteiger partial charge in [0, 0.05) is 19.1 Å². The van der Waals surface area contributed by atoms with Crippen molar-refractivity contribution in [3.05, 3.63) is 58.7 Å². The third kappa shape index (κ3) is 5.21. The van der Waals surface area contributed by atoms with Crippen LogP contribution in [0.5, 0.6) is 5.75 Å². The number of sulfonamides is 1. The van der Waals surface area contributed by atoms with Crippen molar-refractivity contribution < 1.29 is 17.9 Å². The molecule has 0 spiro atoms. The van der Waals surface area contributed by atoms with Gasteiger partial charge in [0.25, 0.3) is 5.91 Å². The third-order valence-electron chi connectivity index (χ3n) is 5.78. The van der Waals surface area contributed by atoms with E-state index >= 15 is 0 Å². The molecule has 6 nitrogen and oxygen atoms in total. The van der Waals surface area contributed by atoms with Crippen molar-refractivity contribution in [3.8, 4) is 5.75 Å². The Hall–Kier alpha value is -2.38. The van der Waals surface area contributed by atoms with Gasteiger partial charge in [0.05, 0.1) is 4.90 Å². The maximum atomic E-state index is 12.9. The molecule has 2 aromatic carbocycles. The van der Waals surface area contributed by atoms with Gasteiger partial charge in [-0.15, -0.1) is 0 Å². The largest absolute Gasteiger partial charge is 0.484 e. The summed E-state index contributed by atoms with van der Waals surface area (Å²) >= 11 is 0. The Morgan fingerprint density at radius 2 is 1.57 bits per heavy atom. The first-order valence-corrected chi connectivity index (χ1v) is 11.7. The van der Waals surface area contributed by atoms with Crippen LogP contribution < -0.4 is 10.1 Å². The molecule has 0 saturated carbocycles. The first-order chi connectivity index (χ1) is 14.2. The molecular formula is C23H30N2O4S. The van der Waals surface area contributed by atoms with Gasteiger partial charge in [-0.1, -0.05) is 12.1 Å². The van der Waals surface area contributed by atoms with Crippen LogP contribution in [0, 0.1) is 27.7 Å². The lowest BCUT2D eigenvalue weighted by Gasteiger charge is -2.31. The first kappa shape index (κ1) is 22.3. The van der Waals surface area contributed by atoms with E-state index < -0.39 is 10.0 Å². The van der Waals surface area contributed by atoms with Crippen LogP contribution in [0.4, 0.5) is 0 Å².